The summed E-state index contributed by atoms with van der Waals surface area (Å²) in [5.41, 5.74) is 8.77. The molecule has 0 saturated carbocycles. The normalized spacial score (nSPS) is 23.1. The minimum Gasteiger partial charge on any atom is -0.315 e. The van der Waals surface area contributed by atoms with Crippen LogP contribution in [0.3, 0.4) is 0 Å². The van der Waals surface area contributed by atoms with Crippen molar-refractivity contribution in [2.75, 3.05) is 9.80 Å². The van der Waals surface area contributed by atoms with Crippen molar-refractivity contribution in [1.82, 2.24) is 0 Å². The molecule has 3 unspecified atom stereocenters. The molecule has 2 heteroatoms. The van der Waals surface area contributed by atoms with E-state index in [9.17, 15) is 0 Å². The van der Waals surface area contributed by atoms with Gasteiger partial charge in [0.15, 0.2) is 0 Å². The summed E-state index contributed by atoms with van der Waals surface area (Å²) < 4.78 is 0. The largest absolute Gasteiger partial charge is 0.315 e. The van der Waals surface area contributed by atoms with E-state index < -0.39 is 0 Å². The van der Waals surface area contributed by atoms with E-state index in [1.54, 1.807) is 0 Å². The van der Waals surface area contributed by atoms with E-state index in [4.69, 9.17) is 0 Å². The van der Waals surface area contributed by atoms with Gasteiger partial charge < -0.3 is 9.80 Å². The van der Waals surface area contributed by atoms with Gasteiger partial charge in [0.05, 0.1) is 0 Å². The van der Waals surface area contributed by atoms with Gasteiger partial charge in [0, 0.05) is 45.5 Å². The maximum Gasteiger partial charge on any atom is 0.0467 e. The van der Waals surface area contributed by atoms with Crippen molar-refractivity contribution >= 4 is 27.8 Å². The molecule has 0 saturated heterocycles. The molecule has 4 aromatic carbocycles. The third-order valence-corrected chi connectivity index (χ3v) is 10.3. The Hall–Kier alpha value is -5.08. The lowest BCUT2D eigenvalue weighted by Crippen LogP contribution is -2.27. The monoisotopic (exact) mass is 610 g/mol. The third-order valence-electron chi connectivity index (χ3n) is 10.3. The summed E-state index contributed by atoms with van der Waals surface area (Å²) in [6.07, 6.45) is 31.1. The average Bonchev–Trinajstić information content (AvgIpc) is 3.14. The number of rotatable bonds is 7. The van der Waals surface area contributed by atoms with E-state index in [-0.39, 0.29) is 5.41 Å². The highest BCUT2D eigenvalue weighted by Crippen LogP contribution is 2.42. The van der Waals surface area contributed by atoms with E-state index in [0.717, 1.165) is 25.7 Å². The molecule has 0 aromatic heterocycles. The highest BCUT2D eigenvalue weighted by molar-refractivity contribution is 5.87. The van der Waals surface area contributed by atoms with Crippen molar-refractivity contribution in [3.8, 4) is 0 Å². The summed E-state index contributed by atoms with van der Waals surface area (Å²) in [6, 6.07) is 35.6. The highest BCUT2D eigenvalue weighted by atomic mass is 15.2. The Kier molecular flexibility index (Phi) is 7.87. The second-order valence-electron chi connectivity index (χ2n) is 13.5. The van der Waals surface area contributed by atoms with Crippen LogP contribution in [-0.4, -0.2) is 0 Å². The van der Waals surface area contributed by atoms with E-state index in [1.807, 2.05) is 0 Å². The Morgan fingerprint density at radius 3 is 2.19 bits per heavy atom. The first-order valence-electron chi connectivity index (χ1n) is 17.2. The van der Waals surface area contributed by atoms with Crippen LogP contribution in [-0.2, 0) is 5.41 Å². The number of hydrogen-bond donors (Lipinski definition) is 0. The average molecular weight is 611 g/mol. The molecule has 232 valence electrons. The minimum atomic E-state index is -0.0813. The van der Waals surface area contributed by atoms with Crippen molar-refractivity contribution in [3.05, 3.63) is 187 Å². The molecule has 3 atom stereocenters. The van der Waals surface area contributed by atoms with Gasteiger partial charge in [0.1, 0.15) is 0 Å². The zero-order chi connectivity index (χ0) is 31.6. The number of fused-ring (bicyclic) bond motifs is 2. The molecule has 2 nitrogen and oxygen atoms in total. The van der Waals surface area contributed by atoms with Gasteiger partial charge in [0.25, 0.3) is 0 Å². The Morgan fingerprint density at radius 2 is 1.40 bits per heavy atom. The summed E-state index contributed by atoms with van der Waals surface area (Å²) in [6.45, 7) is 2.37. The summed E-state index contributed by atoms with van der Waals surface area (Å²) >= 11 is 0. The number of benzene rings is 4. The first-order valence-corrected chi connectivity index (χ1v) is 17.2. The molecule has 0 N–H and O–H groups in total. The standard InChI is InChI=1S/C45H42N2/c1-45(30-28-42(29-31-45)47(40-18-6-3-7-19-40)44-25-21-35-13-9-11-15-37(35)33-44)38-22-26-41(27-23-38)46(39-16-4-2-5-17-39)43-24-20-34-12-8-10-14-36(34)32-43/h2,4-6,8-19,21-23,25-30,32-34,36H,3,7,20,24,31H2,1H3. The lowest BCUT2D eigenvalue weighted by Gasteiger charge is -2.36. The maximum atomic E-state index is 2.49. The predicted octanol–water partition coefficient (Wildman–Crippen LogP) is 11.9. The number of allylic oxidation sites excluding steroid dienone is 12. The van der Waals surface area contributed by atoms with E-state index in [2.05, 4.69) is 181 Å². The Balaban J connectivity index is 1.08. The van der Waals surface area contributed by atoms with Gasteiger partial charge >= 0.3 is 0 Å². The van der Waals surface area contributed by atoms with Crippen LogP contribution in [0.25, 0.3) is 10.8 Å². The molecule has 4 aromatic rings. The van der Waals surface area contributed by atoms with Crippen LogP contribution in [0.5, 0.6) is 0 Å². The van der Waals surface area contributed by atoms with Crippen LogP contribution in [0.1, 0.15) is 44.6 Å². The van der Waals surface area contributed by atoms with Gasteiger partial charge in [0.2, 0.25) is 0 Å². The first-order chi connectivity index (χ1) is 23.1. The van der Waals surface area contributed by atoms with Gasteiger partial charge in [-0.3, -0.25) is 0 Å². The molecule has 0 radical (unpaired) electrons. The van der Waals surface area contributed by atoms with E-state index in [0.29, 0.717) is 11.8 Å². The Bertz CT molecular complexity index is 1980. The molecule has 0 fully saturated rings. The van der Waals surface area contributed by atoms with E-state index >= 15 is 0 Å². The fraction of sp³-hybridized carbons (Fsp3) is 0.200. The molecule has 47 heavy (non-hydrogen) atoms. The molecule has 0 bridgehead atoms. The zero-order valence-corrected chi connectivity index (χ0v) is 27.2. The topological polar surface area (TPSA) is 6.48 Å². The Morgan fingerprint density at radius 1 is 0.660 bits per heavy atom. The second-order valence-corrected chi connectivity index (χ2v) is 13.5. The molecular formula is C45H42N2. The lowest BCUT2D eigenvalue weighted by molar-refractivity contribution is 0.477. The SMILES string of the molecule is CC1(c2ccc(N(C3=CC4C=CC=CC4CC3)c3ccccc3)cc2)C=CC(N(C2=CCCC=C2)c2ccc3ccccc3c2)=CC1. The quantitative estimate of drug-likeness (QED) is 0.205. The number of nitrogens with zero attached hydrogens (tertiary/aromatic N) is 2. The zero-order valence-electron chi connectivity index (χ0n) is 27.2. The van der Waals surface area contributed by atoms with Gasteiger partial charge in [-0.15, -0.1) is 0 Å². The summed E-state index contributed by atoms with van der Waals surface area (Å²) in [5, 5.41) is 2.53. The maximum absolute atomic E-state index is 2.49. The smallest absolute Gasteiger partial charge is 0.0467 e. The number of hydrogen-bond acceptors (Lipinski definition) is 2. The third kappa shape index (κ3) is 5.85. The number of para-hydroxylation sites is 1. The van der Waals surface area contributed by atoms with E-state index in [1.165, 1.54) is 56.9 Å². The van der Waals surface area contributed by atoms with Crippen LogP contribution < -0.4 is 9.80 Å². The molecule has 0 spiro atoms. The van der Waals surface area contributed by atoms with Crippen LogP contribution >= 0.6 is 0 Å². The van der Waals surface area contributed by atoms with Crippen LogP contribution in [0.4, 0.5) is 17.1 Å². The fourth-order valence-electron chi connectivity index (χ4n) is 7.62. The van der Waals surface area contributed by atoms with Crippen LogP contribution in [0.15, 0.2) is 181 Å². The molecule has 0 amide bonds. The van der Waals surface area contributed by atoms with Gasteiger partial charge in [-0.05, 0) is 103 Å². The second kappa shape index (κ2) is 12.6. The summed E-state index contributed by atoms with van der Waals surface area (Å²) in [4.78, 5) is 4.90. The fourth-order valence-corrected chi connectivity index (χ4v) is 7.62. The highest BCUT2D eigenvalue weighted by Gasteiger charge is 2.29. The lowest BCUT2D eigenvalue weighted by atomic mass is 9.76. The van der Waals surface area contributed by atoms with Crippen molar-refractivity contribution < 1.29 is 0 Å². The first kappa shape index (κ1) is 29.3. The van der Waals surface area contributed by atoms with Crippen molar-refractivity contribution in [3.63, 3.8) is 0 Å². The summed E-state index contributed by atoms with van der Waals surface area (Å²) in [5.74, 6) is 1.08. The molecule has 0 heterocycles. The van der Waals surface area contributed by atoms with Crippen LogP contribution in [0.2, 0.25) is 0 Å². The molecule has 4 aliphatic carbocycles. The number of anilines is 3. The Labute approximate surface area is 279 Å². The van der Waals surface area contributed by atoms with Gasteiger partial charge in [-0.1, -0.05) is 122 Å². The molecular weight excluding hydrogens is 569 g/mol. The molecule has 4 aliphatic rings. The van der Waals surface area contributed by atoms with Crippen molar-refractivity contribution in [1.29, 1.82) is 0 Å². The van der Waals surface area contributed by atoms with Gasteiger partial charge in [-0.2, -0.15) is 0 Å². The van der Waals surface area contributed by atoms with Gasteiger partial charge in [-0.25, -0.2) is 0 Å². The van der Waals surface area contributed by atoms with Crippen molar-refractivity contribution in [2.45, 2.75) is 44.4 Å². The van der Waals surface area contributed by atoms with Crippen LogP contribution in [0, 0.1) is 11.8 Å². The van der Waals surface area contributed by atoms with Crippen molar-refractivity contribution in [2.24, 2.45) is 11.8 Å². The minimum absolute atomic E-state index is 0.0813. The predicted molar refractivity (Wildman–Crippen MR) is 200 cm³/mol. The molecule has 8 rings (SSSR count). The summed E-state index contributed by atoms with van der Waals surface area (Å²) in [7, 11) is 0. The molecule has 0 aliphatic heterocycles.